The average Bonchev–Trinajstić information content (AvgIpc) is 2.37. The Kier molecular flexibility index (Phi) is 4.22. The van der Waals surface area contributed by atoms with Gasteiger partial charge in [-0.2, -0.15) is 13.2 Å². The molecule has 1 saturated heterocycles. The van der Waals surface area contributed by atoms with Gasteiger partial charge in [0, 0.05) is 24.3 Å². The Labute approximate surface area is 115 Å². The molecule has 20 heavy (non-hydrogen) atoms. The topological polar surface area (TPSA) is 23.5 Å². The van der Waals surface area contributed by atoms with Crippen molar-refractivity contribution in [1.82, 2.24) is 0 Å². The first kappa shape index (κ1) is 15.1. The molecule has 1 aliphatic heterocycles. The molecule has 0 aliphatic carbocycles. The molecule has 1 heterocycles. The summed E-state index contributed by atoms with van der Waals surface area (Å²) < 4.78 is 51.7. The summed E-state index contributed by atoms with van der Waals surface area (Å²) in [5.74, 6) is -1.88. The third-order valence-electron chi connectivity index (χ3n) is 3.66. The number of rotatable bonds is 2. The fraction of sp³-hybridized carbons (Fsp3) is 0.571. The van der Waals surface area contributed by atoms with Crippen molar-refractivity contribution in [3.8, 4) is 0 Å². The number of hydrogen-bond acceptors (Lipinski definition) is 2. The summed E-state index contributed by atoms with van der Waals surface area (Å²) in [6.45, 7) is 1.82. The van der Waals surface area contributed by atoms with Gasteiger partial charge in [0.1, 0.15) is 5.82 Å². The summed E-state index contributed by atoms with van der Waals surface area (Å²) in [5.41, 5.74) is 0.808. The van der Waals surface area contributed by atoms with E-state index in [1.165, 1.54) is 25.1 Å². The summed E-state index contributed by atoms with van der Waals surface area (Å²) in [7, 11) is 0. The molecule has 0 aromatic heterocycles. The van der Waals surface area contributed by atoms with Crippen LogP contribution < -0.4 is 4.90 Å². The van der Waals surface area contributed by atoms with Crippen LogP contribution in [0.2, 0.25) is 0 Å². The van der Waals surface area contributed by atoms with Crippen LogP contribution in [0, 0.1) is 11.7 Å². The second-order valence-corrected chi connectivity index (χ2v) is 5.21. The first-order valence-electron chi connectivity index (χ1n) is 6.58. The molecule has 0 amide bonds. The lowest BCUT2D eigenvalue weighted by Gasteiger charge is -2.36. The van der Waals surface area contributed by atoms with Gasteiger partial charge in [0.2, 0.25) is 0 Å². The minimum absolute atomic E-state index is 0.116. The van der Waals surface area contributed by atoms with Gasteiger partial charge in [-0.05, 0) is 38.0 Å². The van der Waals surface area contributed by atoms with E-state index in [-0.39, 0.29) is 13.0 Å². The molecular formula is C14H17F4NO. The van der Waals surface area contributed by atoms with Crippen molar-refractivity contribution in [2.24, 2.45) is 5.92 Å². The zero-order valence-electron chi connectivity index (χ0n) is 11.1. The third-order valence-corrected chi connectivity index (χ3v) is 3.66. The molecule has 2 atom stereocenters. The lowest BCUT2D eigenvalue weighted by Crippen LogP contribution is -2.42. The van der Waals surface area contributed by atoms with Crippen molar-refractivity contribution in [3.63, 3.8) is 0 Å². The minimum Gasteiger partial charge on any atom is -0.389 e. The maximum Gasteiger partial charge on any atom is 0.393 e. The highest BCUT2D eigenvalue weighted by Gasteiger charge is 2.42. The van der Waals surface area contributed by atoms with Crippen molar-refractivity contribution in [3.05, 3.63) is 29.6 Å². The molecule has 2 nitrogen and oxygen atoms in total. The Balaban J connectivity index is 2.27. The Morgan fingerprint density at radius 1 is 1.35 bits per heavy atom. The molecule has 0 saturated carbocycles. The quantitative estimate of drug-likeness (QED) is 0.841. The van der Waals surface area contributed by atoms with Crippen molar-refractivity contribution >= 4 is 5.69 Å². The fourth-order valence-electron chi connectivity index (χ4n) is 2.61. The minimum atomic E-state index is -4.22. The molecule has 112 valence electrons. The van der Waals surface area contributed by atoms with Crippen LogP contribution in [0.3, 0.4) is 0 Å². The predicted molar refractivity (Wildman–Crippen MR) is 68.0 cm³/mol. The van der Waals surface area contributed by atoms with Crippen LogP contribution >= 0.6 is 0 Å². The van der Waals surface area contributed by atoms with Crippen LogP contribution in [-0.2, 0) is 0 Å². The van der Waals surface area contributed by atoms with Gasteiger partial charge in [0.25, 0.3) is 0 Å². The van der Waals surface area contributed by atoms with Gasteiger partial charge >= 0.3 is 6.18 Å². The standard InChI is InChI=1S/C14H17F4NO/c1-9(20)12-7-11(15)4-5-13(12)19-6-2-3-10(8-19)14(16,17)18/h4-5,7,9-10,20H,2-3,6,8H2,1H3. The summed E-state index contributed by atoms with van der Waals surface area (Å²) >= 11 is 0. The lowest BCUT2D eigenvalue weighted by atomic mass is 9.95. The number of alkyl halides is 3. The van der Waals surface area contributed by atoms with Crippen molar-refractivity contribution in [2.45, 2.75) is 32.0 Å². The van der Waals surface area contributed by atoms with Gasteiger partial charge in [-0.3, -0.25) is 0 Å². The lowest BCUT2D eigenvalue weighted by molar-refractivity contribution is -0.176. The number of anilines is 1. The molecule has 2 rings (SSSR count). The third kappa shape index (κ3) is 3.23. The molecule has 1 fully saturated rings. The smallest absolute Gasteiger partial charge is 0.389 e. The average molecular weight is 291 g/mol. The van der Waals surface area contributed by atoms with Crippen LogP contribution in [0.15, 0.2) is 18.2 Å². The van der Waals surface area contributed by atoms with Gasteiger partial charge in [0.05, 0.1) is 12.0 Å². The monoisotopic (exact) mass is 291 g/mol. The molecule has 1 aromatic carbocycles. The highest BCUT2D eigenvalue weighted by atomic mass is 19.4. The van der Waals surface area contributed by atoms with Crippen molar-refractivity contribution in [1.29, 1.82) is 0 Å². The molecule has 1 aromatic rings. The molecule has 1 aliphatic rings. The Morgan fingerprint density at radius 2 is 2.05 bits per heavy atom. The van der Waals surface area contributed by atoms with Crippen LogP contribution in [-0.4, -0.2) is 24.4 Å². The van der Waals surface area contributed by atoms with Gasteiger partial charge in [-0.15, -0.1) is 0 Å². The second-order valence-electron chi connectivity index (χ2n) is 5.21. The van der Waals surface area contributed by atoms with Crippen molar-refractivity contribution < 1.29 is 22.7 Å². The summed E-state index contributed by atoms with van der Waals surface area (Å²) in [5, 5.41) is 9.67. The summed E-state index contributed by atoms with van der Waals surface area (Å²) in [4.78, 5) is 1.59. The van der Waals surface area contributed by atoms with Crippen LogP contribution in [0.25, 0.3) is 0 Å². The van der Waals surface area contributed by atoms with Crippen LogP contribution in [0.5, 0.6) is 0 Å². The van der Waals surface area contributed by atoms with E-state index in [2.05, 4.69) is 0 Å². The largest absolute Gasteiger partial charge is 0.393 e. The Hall–Kier alpha value is -1.30. The number of aliphatic hydroxyl groups is 1. The van der Waals surface area contributed by atoms with E-state index in [1.54, 1.807) is 4.90 Å². The Bertz CT molecular complexity index is 473. The zero-order valence-corrected chi connectivity index (χ0v) is 11.1. The molecule has 1 N–H and O–H groups in total. The van der Waals surface area contributed by atoms with Crippen molar-refractivity contribution in [2.75, 3.05) is 18.0 Å². The van der Waals surface area contributed by atoms with E-state index >= 15 is 0 Å². The highest BCUT2D eigenvalue weighted by Crippen LogP contribution is 2.36. The predicted octanol–water partition coefficient (Wildman–Crippen LogP) is 3.66. The molecule has 0 bridgehead atoms. The van der Waals surface area contributed by atoms with Gasteiger partial charge in [-0.25, -0.2) is 4.39 Å². The molecule has 0 radical (unpaired) electrons. The maximum atomic E-state index is 13.2. The van der Waals surface area contributed by atoms with E-state index in [0.717, 1.165) is 0 Å². The number of nitrogens with zero attached hydrogens (tertiary/aromatic N) is 1. The van der Waals surface area contributed by atoms with E-state index in [1.807, 2.05) is 0 Å². The zero-order chi connectivity index (χ0) is 14.9. The molecular weight excluding hydrogens is 274 g/mol. The SMILES string of the molecule is CC(O)c1cc(F)ccc1N1CCCC(C(F)(F)F)C1. The van der Waals surface area contributed by atoms with E-state index in [4.69, 9.17) is 0 Å². The number of benzene rings is 1. The molecule has 2 unspecified atom stereocenters. The number of halogens is 4. The normalized spacial score (nSPS) is 21.9. The van der Waals surface area contributed by atoms with Gasteiger partial charge < -0.3 is 10.0 Å². The van der Waals surface area contributed by atoms with Gasteiger partial charge in [-0.1, -0.05) is 0 Å². The Morgan fingerprint density at radius 3 is 2.65 bits per heavy atom. The number of aliphatic hydroxyl groups excluding tert-OH is 1. The second kappa shape index (κ2) is 5.60. The highest BCUT2D eigenvalue weighted by molar-refractivity contribution is 5.55. The first-order valence-corrected chi connectivity index (χ1v) is 6.58. The maximum absolute atomic E-state index is 13.2. The van der Waals surface area contributed by atoms with E-state index in [9.17, 15) is 22.7 Å². The first-order chi connectivity index (χ1) is 9.29. The van der Waals surface area contributed by atoms with E-state index in [0.29, 0.717) is 24.2 Å². The molecule has 0 spiro atoms. The summed E-state index contributed by atoms with van der Waals surface area (Å²) in [6.07, 6.45) is -4.60. The number of piperidine rings is 1. The van der Waals surface area contributed by atoms with E-state index < -0.39 is 24.0 Å². The summed E-state index contributed by atoms with van der Waals surface area (Å²) in [6, 6.07) is 3.83. The fourth-order valence-corrected chi connectivity index (χ4v) is 2.61. The van der Waals surface area contributed by atoms with Crippen LogP contribution in [0.1, 0.15) is 31.4 Å². The van der Waals surface area contributed by atoms with Gasteiger partial charge in [0.15, 0.2) is 0 Å². The number of hydrogen-bond donors (Lipinski definition) is 1. The van der Waals surface area contributed by atoms with Crippen LogP contribution in [0.4, 0.5) is 23.2 Å². The molecule has 6 heteroatoms.